The number of hydrogen-bond acceptors (Lipinski definition) is 6. The maximum atomic E-state index is 12.2. The van der Waals surface area contributed by atoms with Gasteiger partial charge in [-0.05, 0) is 49.4 Å². The number of methoxy groups -OCH3 is 1. The Labute approximate surface area is 181 Å². The van der Waals surface area contributed by atoms with Crippen LogP contribution < -0.4 is 14.8 Å². The van der Waals surface area contributed by atoms with Crippen LogP contribution in [0.1, 0.15) is 12.7 Å². The number of hydrogen-bond donors (Lipinski definition) is 1. The maximum Gasteiger partial charge on any atom is 0.234 e. The molecular formula is C20H21BrN4O3S. The number of anilines is 1. The Balaban J connectivity index is 1.56. The minimum Gasteiger partial charge on any atom is -0.497 e. The average Bonchev–Trinajstić information content (AvgIpc) is 3.13. The molecular weight excluding hydrogens is 456 g/mol. The van der Waals surface area contributed by atoms with Gasteiger partial charge in [0.1, 0.15) is 18.1 Å². The smallest absolute Gasteiger partial charge is 0.234 e. The minimum absolute atomic E-state index is 0.102. The molecule has 3 aromatic rings. The summed E-state index contributed by atoms with van der Waals surface area (Å²) in [6, 6.07) is 14.8. The van der Waals surface area contributed by atoms with Crippen molar-refractivity contribution in [2.45, 2.75) is 25.2 Å². The van der Waals surface area contributed by atoms with Crippen LogP contribution in [0.3, 0.4) is 0 Å². The predicted molar refractivity (Wildman–Crippen MR) is 117 cm³/mol. The van der Waals surface area contributed by atoms with Crippen LogP contribution in [-0.4, -0.2) is 33.5 Å². The molecule has 1 aromatic heterocycles. The van der Waals surface area contributed by atoms with Crippen LogP contribution in [0.5, 0.6) is 11.5 Å². The highest BCUT2D eigenvalue weighted by Gasteiger charge is 2.14. The predicted octanol–water partition coefficient (Wildman–Crippen LogP) is 4.38. The van der Waals surface area contributed by atoms with Crippen LogP contribution in [0.25, 0.3) is 0 Å². The van der Waals surface area contributed by atoms with E-state index >= 15 is 0 Å². The number of carbonyl (C=O) groups is 1. The molecule has 0 aliphatic rings. The Morgan fingerprint density at radius 1 is 1.17 bits per heavy atom. The fraction of sp³-hybridized carbons (Fsp3) is 0.250. The van der Waals surface area contributed by atoms with E-state index < -0.39 is 0 Å². The summed E-state index contributed by atoms with van der Waals surface area (Å²) in [5.41, 5.74) is 0.746. The van der Waals surface area contributed by atoms with Gasteiger partial charge in [-0.3, -0.25) is 4.79 Å². The van der Waals surface area contributed by atoms with Crippen molar-refractivity contribution in [1.29, 1.82) is 0 Å². The van der Waals surface area contributed by atoms with Gasteiger partial charge in [0.25, 0.3) is 0 Å². The van der Waals surface area contributed by atoms with Crippen molar-refractivity contribution in [3.05, 3.63) is 58.8 Å². The number of amides is 1. The normalized spacial score (nSPS) is 10.6. The summed E-state index contributed by atoms with van der Waals surface area (Å²) in [5, 5.41) is 12.0. The van der Waals surface area contributed by atoms with Crippen LogP contribution >= 0.6 is 27.7 Å². The van der Waals surface area contributed by atoms with E-state index in [1.807, 2.05) is 60.0 Å². The number of aromatic nitrogens is 3. The lowest BCUT2D eigenvalue weighted by Gasteiger charge is -2.09. The van der Waals surface area contributed by atoms with Gasteiger partial charge in [-0.15, -0.1) is 10.2 Å². The Morgan fingerprint density at radius 3 is 2.62 bits per heavy atom. The highest BCUT2D eigenvalue weighted by molar-refractivity contribution is 9.10. The van der Waals surface area contributed by atoms with Gasteiger partial charge in [0.05, 0.1) is 12.9 Å². The van der Waals surface area contributed by atoms with Gasteiger partial charge in [-0.1, -0.05) is 33.8 Å². The van der Waals surface area contributed by atoms with E-state index in [2.05, 4.69) is 31.4 Å². The second kappa shape index (κ2) is 10.3. The molecule has 0 spiro atoms. The SMILES string of the molecule is CCn1c(COc2ccc(OC)cc2)nnc1SCC(=O)Nc1cccc(Br)c1. The van der Waals surface area contributed by atoms with Crippen molar-refractivity contribution in [1.82, 2.24) is 14.8 Å². The maximum absolute atomic E-state index is 12.2. The fourth-order valence-corrected chi connectivity index (χ4v) is 3.78. The molecule has 0 bridgehead atoms. The number of nitrogens with one attached hydrogen (secondary N) is 1. The van der Waals surface area contributed by atoms with Crippen molar-refractivity contribution >= 4 is 39.3 Å². The minimum atomic E-state index is -0.102. The van der Waals surface area contributed by atoms with Gasteiger partial charge in [0.15, 0.2) is 11.0 Å². The molecule has 0 aliphatic carbocycles. The summed E-state index contributed by atoms with van der Waals surface area (Å²) in [6.07, 6.45) is 0. The summed E-state index contributed by atoms with van der Waals surface area (Å²) < 4.78 is 13.8. The number of carbonyl (C=O) groups excluding carboxylic acids is 1. The molecule has 9 heteroatoms. The standard InChI is InChI=1S/C20H21BrN4O3S/c1-3-25-18(12-28-17-9-7-16(27-2)8-10-17)23-24-20(25)29-13-19(26)22-15-6-4-5-14(21)11-15/h4-11H,3,12-13H2,1-2H3,(H,22,26). The molecule has 0 aliphatic heterocycles. The molecule has 7 nitrogen and oxygen atoms in total. The average molecular weight is 477 g/mol. The molecule has 0 radical (unpaired) electrons. The fourth-order valence-electron chi connectivity index (χ4n) is 2.56. The molecule has 0 atom stereocenters. The third-order valence-corrected chi connectivity index (χ3v) is 5.44. The largest absolute Gasteiger partial charge is 0.497 e. The van der Waals surface area contributed by atoms with Crippen LogP contribution in [-0.2, 0) is 17.9 Å². The number of benzene rings is 2. The van der Waals surface area contributed by atoms with Crippen molar-refractivity contribution in [3.63, 3.8) is 0 Å². The second-order valence-corrected chi connectivity index (χ2v) is 7.81. The molecule has 0 unspecified atom stereocenters. The lowest BCUT2D eigenvalue weighted by Crippen LogP contribution is -2.15. The van der Waals surface area contributed by atoms with E-state index in [1.54, 1.807) is 7.11 Å². The Morgan fingerprint density at radius 2 is 1.93 bits per heavy atom. The van der Waals surface area contributed by atoms with Gasteiger partial charge in [-0.2, -0.15) is 0 Å². The zero-order valence-electron chi connectivity index (χ0n) is 16.1. The summed E-state index contributed by atoms with van der Waals surface area (Å²) >= 11 is 4.74. The zero-order chi connectivity index (χ0) is 20.6. The first-order valence-electron chi connectivity index (χ1n) is 8.96. The summed E-state index contributed by atoms with van der Waals surface area (Å²) in [6.45, 7) is 2.98. The van der Waals surface area contributed by atoms with Gasteiger partial charge in [-0.25, -0.2) is 0 Å². The number of nitrogens with zero attached hydrogens (tertiary/aromatic N) is 3. The van der Waals surface area contributed by atoms with Crippen LogP contribution in [0.2, 0.25) is 0 Å². The third kappa shape index (κ3) is 5.98. The van der Waals surface area contributed by atoms with E-state index in [4.69, 9.17) is 9.47 Å². The summed E-state index contributed by atoms with van der Waals surface area (Å²) in [4.78, 5) is 12.2. The first-order chi connectivity index (χ1) is 14.1. The van der Waals surface area contributed by atoms with Crippen LogP contribution in [0, 0.1) is 0 Å². The van der Waals surface area contributed by atoms with Crippen LogP contribution in [0.4, 0.5) is 5.69 Å². The molecule has 0 saturated carbocycles. The Bertz CT molecular complexity index is 963. The molecule has 2 aromatic carbocycles. The van der Waals surface area contributed by atoms with E-state index in [9.17, 15) is 4.79 Å². The van der Waals surface area contributed by atoms with E-state index in [0.717, 1.165) is 21.7 Å². The highest BCUT2D eigenvalue weighted by atomic mass is 79.9. The molecule has 1 heterocycles. The van der Waals surface area contributed by atoms with E-state index in [-0.39, 0.29) is 18.3 Å². The molecule has 1 N–H and O–H groups in total. The van der Waals surface area contributed by atoms with Gasteiger partial charge >= 0.3 is 0 Å². The Kier molecular flexibility index (Phi) is 7.54. The van der Waals surface area contributed by atoms with Crippen molar-refractivity contribution in [2.75, 3.05) is 18.2 Å². The molecule has 0 fully saturated rings. The van der Waals surface area contributed by atoms with Crippen LogP contribution in [0.15, 0.2) is 58.2 Å². The summed E-state index contributed by atoms with van der Waals surface area (Å²) in [5.74, 6) is 2.34. The first kappa shape index (κ1) is 21.2. The number of rotatable bonds is 9. The lowest BCUT2D eigenvalue weighted by atomic mass is 10.3. The van der Waals surface area contributed by atoms with E-state index in [0.29, 0.717) is 17.5 Å². The van der Waals surface area contributed by atoms with E-state index in [1.165, 1.54) is 11.8 Å². The highest BCUT2D eigenvalue weighted by Crippen LogP contribution is 2.21. The quantitative estimate of drug-likeness (QED) is 0.461. The number of ether oxygens (including phenoxy) is 2. The Hall–Kier alpha value is -2.52. The summed E-state index contributed by atoms with van der Waals surface area (Å²) in [7, 11) is 1.62. The topological polar surface area (TPSA) is 78.3 Å². The van der Waals surface area contributed by atoms with Gasteiger partial charge in [0.2, 0.25) is 5.91 Å². The first-order valence-corrected chi connectivity index (χ1v) is 10.7. The van der Waals surface area contributed by atoms with Crippen molar-refractivity contribution in [2.24, 2.45) is 0 Å². The lowest BCUT2D eigenvalue weighted by molar-refractivity contribution is -0.113. The third-order valence-electron chi connectivity index (χ3n) is 3.98. The van der Waals surface area contributed by atoms with Gasteiger partial charge in [0, 0.05) is 16.7 Å². The molecule has 29 heavy (non-hydrogen) atoms. The molecule has 3 rings (SSSR count). The number of halogens is 1. The molecule has 1 amide bonds. The van der Waals surface area contributed by atoms with Gasteiger partial charge < -0.3 is 19.4 Å². The van der Waals surface area contributed by atoms with Crippen molar-refractivity contribution < 1.29 is 14.3 Å². The molecule has 152 valence electrons. The second-order valence-electron chi connectivity index (χ2n) is 5.95. The van der Waals surface area contributed by atoms with Crippen molar-refractivity contribution in [3.8, 4) is 11.5 Å². The monoisotopic (exact) mass is 476 g/mol. The zero-order valence-corrected chi connectivity index (χ0v) is 18.5. The number of thioether (sulfide) groups is 1. The molecule has 0 saturated heterocycles.